The molecular weight excluding hydrogens is 244 g/mol. The Kier molecular flexibility index (Phi) is 25.0. The van der Waals surface area contributed by atoms with Gasteiger partial charge in [-0.2, -0.15) is 0 Å². The van der Waals surface area contributed by atoms with E-state index < -0.39 is 0 Å². The first-order chi connectivity index (χ1) is 9.91. The molecule has 0 bridgehead atoms. The summed E-state index contributed by atoms with van der Waals surface area (Å²) in [5, 5.41) is 12.0. The third kappa shape index (κ3) is 22.3. The Balaban J connectivity index is 0. The van der Waals surface area contributed by atoms with Crippen molar-refractivity contribution in [3.05, 3.63) is 12.7 Å². The monoisotopic (exact) mass is 280 g/mol. The number of hydrogen-bond acceptors (Lipinski definition) is 2. The average Bonchev–Trinajstić information content (AvgIpc) is 2.50. The first-order valence-electron chi connectivity index (χ1n) is 8.72. The van der Waals surface area contributed by atoms with E-state index in [1.54, 1.807) is 0 Å². The normalized spacial score (nSPS) is 9.75. The van der Waals surface area contributed by atoms with Crippen molar-refractivity contribution in [2.75, 3.05) is 0 Å². The molecular formula is C18H36N2. The molecule has 0 aliphatic carbocycles. The van der Waals surface area contributed by atoms with Crippen LogP contribution >= 0.6 is 0 Å². The number of rotatable bonds is 15. The second-order valence-corrected chi connectivity index (χ2v) is 5.67. The molecule has 0 radical (unpaired) electrons. The van der Waals surface area contributed by atoms with Crippen molar-refractivity contribution < 1.29 is 0 Å². The van der Waals surface area contributed by atoms with Crippen LogP contribution in [0.3, 0.4) is 0 Å². The molecule has 20 heavy (non-hydrogen) atoms. The van der Waals surface area contributed by atoms with Crippen LogP contribution in [0.4, 0.5) is 0 Å². The minimum Gasteiger partial charge on any atom is -0.103 e. The maximum Gasteiger partial charge on any atom is 0 e. The van der Waals surface area contributed by atoms with E-state index in [4.69, 9.17) is 10.8 Å². The van der Waals surface area contributed by atoms with Gasteiger partial charge >= 0.3 is 0 Å². The van der Waals surface area contributed by atoms with Gasteiger partial charge in [0, 0.05) is 10.8 Å². The van der Waals surface area contributed by atoms with E-state index in [1.807, 2.05) is 6.08 Å². The lowest BCUT2D eigenvalue weighted by Crippen LogP contribution is -1.83. The summed E-state index contributed by atoms with van der Waals surface area (Å²) in [5.41, 5.74) is 0. The molecule has 2 nitrogen and oxygen atoms in total. The molecule has 0 amide bonds. The van der Waals surface area contributed by atoms with Gasteiger partial charge in [-0.15, -0.1) is 6.58 Å². The lowest BCUT2D eigenvalue weighted by atomic mass is 10.0. The molecule has 0 aromatic rings. The first-order valence-corrected chi connectivity index (χ1v) is 8.72. The van der Waals surface area contributed by atoms with Crippen LogP contribution in [-0.4, -0.2) is 0 Å². The Hall–Kier alpha value is -0.840. The van der Waals surface area contributed by atoms with Crippen LogP contribution in [0.2, 0.25) is 0 Å². The summed E-state index contributed by atoms with van der Waals surface area (Å²) in [5.74, 6) is 0. The molecule has 118 valence electrons. The van der Waals surface area contributed by atoms with Crippen molar-refractivity contribution in [1.82, 2.24) is 0 Å². The maximum atomic E-state index is 6.00. The molecule has 0 spiro atoms. The number of nitrogens with zero attached hydrogens (tertiary/aromatic N) is 2. The largest absolute Gasteiger partial charge is 0.103 e. The molecule has 0 fully saturated rings. The van der Waals surface area contributed by atoms with Crippen LogP contribution in [0, 0.1) is 10.8 Å². The molecule has 0 heterocycles. The fraction of sp³-hybridized carbons (Fsp3) is 0.889. The smallest absolute Gasteiger partial charge is 0 e. The zero-order valence-electron chi connectivity index (χ0n) is 13.8. The molecule has 0 rings (SSSR count). The SMILES string of the molecule is C=CCCCCCCCCCCCCCCCC.N#N. The van der Waals surface area contributed by atoms with Crippen molar-refractivity contribution in [1.29, 1.82) is 10.8 Å². The van der Waals surface area contributed by atoms with Crippen molar-refractivity contribution in [3.63, 3.8) is 0 Å². The topological polar surface area (TPSA) is 47.6 Å². The third-order valence-corrected chi connectivity index (χ3v) is 3.76. The van der Waals surface area contributed by atoms with Crippen LogP contribution in [0.15, 0.2) is 12.7 Å². The van der Waals surface area contributed by atoms with Crippen LogP contribution in [0.25, 0.3) is 0 Å². The first kappa shape index (κ1) is 21.5. The van der Waals surface area contributed by atoms with Crippen molar-refractivity contribution in [2.24, 2.45) is 0 Å². The Bertz CT molecular complexity index is 187. The van der Waals surface area contributed by atoms with E-state index in [1.165, 1.54) is 96.3 Å². The second kappa shape index (κ2) is 23.3. The summed E-state index contributed by atoms with van der Waals surface area (Å²) in [6, 6.07) is 0. The number of unbranched alkanes of at least 4 members (excludes halogenated alkanes) is 14. The molecule has 0 atom stereocenters. The van der Waals surface area contributed by atoms with Crippen molar-refractivity contribution in [3.8, 4) is 0 Å². The van der Waals surface area contributed by atoms with Gasteiger partial charge < -0.3 is 0 Å². The average molecular weight is 280 g/mol. The maximum absolute atomic E-state index is 6.00. The third-order valence-electron chi connectivity index (χ3n) is 3.76. The van der Waals surface area contributed by atoms with Gasteiger partial charge in [0.05, 0.1) is 0 Å². The Labute approximate surface area is 127 Å². The zero-order chi connectivity index (χ0) is 15.3. The summed E-state index contributed by atoms with van der Waals surface area (Å²) in [6.45, 7) is 6.05. The number of allylic oxidation sites excluding steroid dienone is 1. The lowest BCUT2D eigenvalue weighted by molar-refractivity contribution is 0.536. The minimum atomic E-state index is 1.21. The predicted molar refractivity (Wildman–Crippen MR) is 88.6 cm³/mol. The fourth-order valence-corrected chi connectivity index (χ4v) is 2.48. The summed E-state index contributed by atoms with van der Waals surface area (Å²) < 4.78 is 0. The van der Waals surface area contributed by atoms with Crippen molar-refractivity contribution >= 4 is 0 Å². The van der Waals surface area contributed by atoms with E-state index in [0.717, 1.165) is 0 Å². The molecule has 0 N–H and O–H groups in total. The second-order valence-electron chi connectivity index (χ2n) is 5.67. The minimum absolute atomic E-state index is 1.21. The molecule has 0 aromatic heterocycles. The van der Waals surface area contributed by atoms with E-state index in [-0.39, 0.29) is 0 Å². The summed E-state index contributed by atoms with van der Waals surface area (Å²) in [7, 11) is 0. The highest BCUT2D eigenvalue weighted by Crippen LogP contribution is 2.13. The van der Waals surface area contributed by atoms with E-state index >= 15 is 0 Å². The van der Waals surface area contributed by atoms with Gasteiger partial charge in [0.2, 0.25) is 0 Å². The van der Waals surface area contributed by atoms with Gasteiger partial charge in [-0.1, -0.05) is 96.5 Å². The Morgan fingerprint density at radius 3 is 1.20 bits per heavy atom. The zero-order valence-corrected chi connectivity index (χ0v) is 13.8. The van der Waals surface area contributed by atoms with Gasteiger partial charge in [0.1, 0.15) is 0 Å². The van der Waals surface area contributed by atoms with Gasteiger partial charge in [0.15, 0.2) is 0 Å². The summed E-state index contributed by atoms with van der Waals surface area (Å²) in [6.07, 6.45) is 23.5. The highest BCUT2D eigenvalue weighted by molar-refractivity contribution is 4.65. The van der Waals surface area contributed by atoms with Gasteiger partial charge in [-0.3, -0.25) is 0 Å². The molecule has 0 aliphatic heterocycles. The molecule has 0 unspecified atom stereocenters. The molecule has 0 saturated heterocycles. The molecule has 0 aliphatic rings. The molecule has 0 aromatic carbocycles. The van der Waals surface area contributed by atoms with Crippen LogP contribution in [0.5, 0.6) is 0 Å². The van der Waals surface area contributed by atoms with Crippen LogP contribution in [-0.2, 0) is 0 Å². The van der Waals surface area contributed by atoms with Gasteiger partial charge in [-0.25, -0.2) is 0 Å². The Morgan fingerprint density at radius 2 is 0.900 bits per heavy atom. The van der Waals surface area contributed by atoms with Crippen LogP contribution in [0.1, 0.15) is 103 Å². The predicted octanol–water partition coefficient (Wildman–Crippen LogP) is 7.07. The van der Waals surface area contributed by atoms with Gasteiger partial charge in [0.25, 0.3) is 0 Å². The van der Waals surface area contributed by atoms with E-state index in [2.05, 4.69) is 13.5 Å². The lowest BCUT2D eigenvalue weighted by Gasteiger charge is -2.02. The molecule has 0 saturated carbocycles. The highest BCUT2D eigenvalue weighted by atomic mass is 14.6. The van der Waals surface area contributed by atoms with Gasteiger partial charge in [-0.05, 0) is 12.8 Å². The Morgan fingerprint density at radius 1 is 0.600 bits per heavy atom. The fourth-order valence-electron chi connectivity index (χ4n) is 2.48. The summed E-state index contributed by atoms with van der Waals surface area (Å²) in [4.78, 5) is 0. The highest BCUT2D eigenvalue weighted by Gasteiger charge is 1.93. The van der Waals surface area contributed by atoms with E-state index in [9.17, 15) is 0 Å². The van der Waals surface area contributed by atoms with E-state index in [0.29, 0.717) is 0 Å². The van der Waals surface area contributed by atoms with Crippen LogP contribution < -0.4 is 0 Å². The number of hydrogen-bond donors (Lipinski definition) is 0. The summed E-state index contributed by atoms with van der Waals surface area (Å²) >= 11 is 0. The quantitative estimate of drug-likeness (QED) is 0.183. The standard InChI is InChI=1S/C18H36.N2/c1-3-5-7-9-11-13-15-17-18-16-14-12-10-8-6-4-2;1-2/h3H,1,4-18H2,2H3;. The molecule has 2 heteroatoms. The van der Waals surface area contributed by atoms with Crippen molar-refractivity contribution in [2.45, 2.75) is 103 Å².